The molecular weight excluding hydrogens is 413 g/mol. The number of benzene rings is 1. The van der Waals surface area contributed by atoms with Gasteiger partial charge in [-0.3, -0.25) is 9.69 Å². The lowest BCUT2D eigenvalue weighted by molar-refractivity contribution is -0.137. The summed E-state index contributed by atoms with van der Waals surface area (Å²) in [5.74, 6) is 0.452. The summed E-state index contributed by atoms with van der Waals surface area (Å²) in [7, 11) is 0. The van der Waals surface area contributed by atoms with Crippen LogP contribution in [0.15, 0.2) is 47.5 Å². The lowest BCUT2D eigenvalue weighted by Gasteiger charge is -2.27. The number of aromatic nitrogens is 1. The first kappa shape index (κ1) is 22.4. The molecule has 162 valence electrons. The van der Waals surface area contributed by atoms with Gasteiger partial charge in [0, 0.05) is 37.3 Å². The number of hydrogen-bond donors (Lipinski definition) is 1. The van der Waals surface area contributed by atoms with Crippen LogP contribution in [0.2, 0.25) is 0 Å². The molecule has 0 bridgehead atoms. The largest absolute Gasteiger partial charge is 0.417 e. The number of pyridine rings is 1. The van der Waals surface area contributed by atoms with Crippen LogP contribution in [0.3, 0.4) is 0 Å². The number of thioether (sulfide) groups is 1. The molecule has 1 saturated heterocycles. The molecule has 30 heavy (non-hydrogen) atoms. The molecule has 9 heteroatoms. The maximum absolute atomic E-state index is 12.8. The summed E-state index contributed by atoms with van der Waals surface area (Å²) >= 11 is 1.58. The quantitative estimate of drug-likeness (QED) is 0.703. The summed E-state index contributed by atoms with van der Waals surface area (Å²) in [4.78, 5) is 21.8. The second-order valence-corrected chi connectivity index (χ2v) is 7.99. The average molecular weight is 439 g/mol. The van der Waals surface area contributed by atoms with Gasteiger partial charge < -0.3 is 10.2 Å². The van der Waals surface area contributed by atoms with Gasteiger partial charge >= 0.3 is 6.18 Å². The Morgan fingerprint density at radius 2 is 1.90 bits per heavy atom. The number of hydrogen-bond acceptors (Lipinski definition) is 5. The molecule has 2 heterocycles. The van der Waals surface area contributed by atoms with Crippen LogP contribution >= 0.6 is 11.8 Å². The predicted octanol–water partition coefficient (Wildman–Crippen LogP) is 4.36. The van der Waals surface area contributed by atoms with Gasteiger partial charge in [-0.15, -0.1) is 11.8 Å². The van der Waals surface area contributed by atoms with Crippen molar-refractivity contribution in [1.29, 1.82) is 0 Å². The molecule has 1 aromatic heterocycles. The van der Waals surface area contributed by atoms with Crippen LogP contribution in [0.1, 0.15) is 18.9 Å². The van der Waals surface area contributed by atoms with Crippen molar-refractivity contribution < 1.29 is 18.0 Å². The lowest BCUT2D eigenvalue weighted by Crippen LogP contribution is -2.44. The number of para-hydroxylation sites is 1. The van der Waals surface area contributed by atoms with Gasteiger partial charge in [-0.2, -0.15) is 13.2 Å². The summed E-state index contributed by atoms with van der Waals surface area (Å²) in [5.41, 5.74) is 0.0470. The Kier molecular flexibility index (Phi) is 7.25. The van der Waals surface area contributed by atoms with E-state index in [9.17, 15) is 18.0 Å². The Morgan fingerprint density at radius 3 is 2.57 bits per heavy atom. The van der Waals surface area contributed by atoms with Crippen LogP contribution in [0, 0.1) is 0 Å². The Bertz CT molecular complexity index is 860. The van der Waals surface area contributed by atoms with E-state index in [2.05, 4.69) is 15.2 Å². The highest BCUT2D eigenvalue weighted by Crippen LogP contribution is 2.29. The smallest absolute Gasteiger partial charge is 0.355 e. The number of carbonyl (C=O) groups excluding carboxylic acids is 1. The first-order valence-corrected chi connectivity index (χ1v) is 11.0. The van der Waals surface area contributed by atoms with Gasteiger partial charge in [0.1, 0.15) is 5.82 Å². The van der Waals surface area contributed by atoms with Crippen molar-refractivity contribution in [3.63, 3.8) is 0 Å². The zero-order chi connectivity index (χ0) is 21.7. The summed E-state index contributed by atoms with van der Waals surface area (Å²) in [6, 6.07) is 9.83. The van der Waals surface area contributed by atoms with Crippen molar-refractivity contribution in [3.8, 4) is 0 Å². The number of anilines is 2. The summed E-state index contributed by atoms with van der Waals surface area (Å²) < 4.78 is 38.2. The molecule has 2 aromatic rings. The summed E-state index contributed by atoms with van der Waals surface area (Å²) in [5, 5.41) is 3.01. The van der Waals surface area contributed by atoms with Crippen molar-refractivity contribution in [2.45, 2.75) is 30.5 Å². The van der Waals surface area contributed by atoms with E-state index in [4.69, 9.17) is 0 Å². The monoisotopic (exact) mass is 438 g/mol. The fraction of sp³-hybridized carbons (Fsp3) is 0.429. The molecule has 0 aliphatic carbocycles. The van der Waals surface area contributed by atoms with Gasteiger partial charge in [-0.25, -0.2) is 4.98 Å². The van der Waals surface area contributed by atoms with Crippen molar-refractivity contribution in [3.05, 3.63) is 48.2 Å². The second kappa shape index (κ2) is 9.70. The third-order valence-electron chi connectivity index (χ3n) is 5.22. The maximum Gasteiger partial charge on any atom is 0.417 e. The Hall–Kier alpha value is -2.26. The highest BCUT2D eigenvalue weighted by Gasteiger charge is 2.31. The van der Waals surface area contributed by atoms with E-state index in [1.165, 1.54) is 6.07 Å². The lowest BCUT2D eigenvalue weighted by atomic mass is 10.2. The first-order valence-electron chi connectivity index (χ1n) is 9.75. The zero-order valence-corrected chi connectivity index (χ0v) is 17.8. The molecule has 1 aromatic carbocycles. The molecule has 1 aliphatic heterocycles. The molecule has 0 spiro atoms. The number of carbonyl (C=O) groups is 1. The third-order valence-corrected chi connectivity index (χ3v) is 6.02. The van der Waals surface area contributed by atoms with Crippen LogP contribution in [0.5, 0.6) is 0 Å². The minimum absolute atomic E-state index is 0.0717. The summed E-state index contributed by atoms with van der Waals surface area (Å²) in [6.45, 7) is 4.51. The van der Waals surface area contributed by atoms with Gasteiger partial charge in [0.25, 0.3) is 0 Å². The van der Waals surface area contributed by atoms with Crippen LogP contribution < -0.4 is 10.2 Å². The molecule has 5 nitrogen and oxygen atoms in total. The first-order chi connectivity index (χ1) is 14.3. The number of nitrogens with zero attached hydrogens (tertiary/aromatic N) is 3. The highest BCUT2D eigenvalue weighted by molar-refractivity contribution is 7.98. The second-order valence-electron chi connectivity index (χ2n) is 7.14. The topological polar surface area (TPSA) is 48.5 Å². The van der Waals surface area contributed by atoms with Gasteiger partial charge in [0.15, 0.2) is 0 Å². The van der Waals surface area contributed by atoms with Gasteiger partial charge in [-0.1, -0.05) is 12.1 Å². The van der Waals surface area contributed by atoms with Crippen LogP contribution in [-0.4, -0.2) is 54.3 Å². The van der Waals surface area contributed by atoms with E-state index in [1.54, 1.807) is 11.8 Å². The van der Waals surface area contributed by atoms with Crippen molar-refractivity contribution >= 4 is 29.2 Å². The van der Waals surface area contributed by atoms with Crippen molar-refractivity contribution in [2.24, 2.45) is 0 Å². The van der Waals surface area contributed by atoms with E-state index < -0.39 is 11.7 Å². The predicted molar refractivity (Wildman–Crippen MR) is 114 cm³/mol. The van der Waals surface area contributed by atoms with Crippen molar-refractivity contribution in [1.82, 2.24) is 9.88 Å². The fourth-order valence-corrected chi connectivity index (χ4v) is 4.00. The Balaban J connectivity index is 1.61. The molecule has 1 fully saturated rings. The van der Waals surface area contributed by atoms with E-state index in [0.29, 0.717) is 25.5 Å². The van der Waals surface area contributed by atoms with Gasteiger partial charge in [0.2, 0.25) is 5.91 Å². The molecule has 0 radical (unpaired) electrons. The molecule has 3 rings (SSSR count). The van der Waals surface area contributed by atoms with Crippen LogP contribution in [0.25, 0.3) is 0 Å². The molecule has 1 N–H and O–H groups in total. The molecule has 1 aliphatic rings. The minimum Gasteiger partial charge on any atom is -0.355 e. The standard InChI is InChI=1S/C21H25F3N4OS/c1-15(20(29)26-17-6-3-4-7-18(17)30-2)27-10-5-11-28(13-12-27)19-9-8-16(14-25-19)21(22,23)24/h3-4,6-9,14-15H,5,10-13H2,1-2H3,(H,26,29)/t15-/m0/s1. The van der Waals surface area contributed by atoms with Gasteiger partial charge in [-0.05, 0) is 43.9 Å². The van der Waals surface area contributed by atoms with E-state index >= 15 is 0 Å². The molecule has 0 saturated carbocycles. The number of rotatable bonds is 5. The van der Waals surface area contributed by atoms with Crippen LogP contribution in [-0.2, 0) is 11.0 Å². The van der Waals surface area contributed by atoms with E-state index in [0.717, 1.165) is 35.8 Å². The van der Waals surface area contributed by atoms with Crippen molar-refractivity contribution in [2.75, 3.05) is 42.7 Å². The maximum atomic E-state index is 12.8. The number of halogens is 3. The summed E-state index contributed by atoms with van der Waals surface area (Å²) in [6.07, 6.45) is -0.759. The third kappa shape index (κ3) is 5.46. The fourth-order valence-electron chi connectivity index (χ4n) is 3.45. The minimum atomic E-state index is -4.39. The SMILES string of the molecule is CSc1ccccc1NC(=O)[C@H](C)N1CCCN(c2ccc(C(F)(F)F)cn2)CC1. The molecule has 1 atom stereocenters. The number of nitrogens with one attached hydrogen (secondary N) is 1. The average Bonchev–Trinajstić information content (AvgIpc) is 2.99. The number of amides is 1. The van der Waals surface area contributed by atoms with E-state index in [1.807, 2.05) is 42.3 Å². The molecule has 0 unspecified atom stereocenters. The van der Waals surface area contributed by atoms with E-state index in [-0.39, 0.29) is 11.9 Å². The molecule has 1 amide bonds. The molecular formula is C21H25F3N4OS. The van der Waals surface area contributed by atoms with Gasteiger partial charge in [0.05, 0.1) is 17.3 Å². The normalized spacial score (nSPS) is 16.8. The Morgan fingerprint density at radius 1 is 1.13 bits per heavy atom. The zero-order valence-electron chi connectivity index (χ0n) is 16.9. The van der Waals surface area contributed by atoms with Crippen LogP contribution in [0.4, 0.5) is 24.7 Å². The Labute approximate surface area is 178 Å². The highest BCUT2D eigenvalue weighted by atomic mass is 32.2. The number of alkyl halides is 3.